The maximum atomic E-state index is 13.4. The molecule has 2 aromatic carbocycles. The molecule has 0 unspecified atom stereocenters. The maximum absolute atomic E-state index is 13.4. The van der Waals surface area contributed by atoms with Crippen LogP contribution in [-0.2, 0) is 39.4 Å². The van der Waals surface area contributed by atoms with Crippen molar-refractivity contribution in [3.8, 4) is 11.1 Å². The highest BCUT2D eigenvalue weighted by Gasteiger charge is 2.25. The minimum atomic E-state index is -0.265. The molecular weight excluding hydrogens is 594 g/mol. The molecule has 6 rings (SSSR count). The highest BCUT2D eigenvalue weighted by atomic mass is 35.5. The van der Waals surface area contributed by atoms with E-state index in [1.807, 2.05) is 55.8 Å². The summed E-state index contributed by atoms with van der Waals surface area (Å²) in [4.78, 5) is 39.2. The van der Waals surface area contributed by atoms with Crippen molar-refractivity contribution < 1.29 is 9.59 Å². The molecule has 0 fully saturated rings. The summed E-state index contributed by atoms with van der Waals surface area (Å²) in [6, 6.07) is 11.5. The minimum absolute atomic E-state index is 0.245. The lowest BCUT2D eigenvalue weighted by Gasteiger charge is -2.20. The minimum Gasteiger partial charge on any atom is -0.327 e. The molecule has 0 spiro atoms. The zero-order valence-electron chi connectivity index (χ0n) is 26.0. The van der Waals surface area contributed by atoms with Crippen LogP contribution in [0.4, 0.5) is 11.4 Å². The van der Waals surface area contributed by atoms with Crippen molar-refractivity contribution in [1.29, 1.82) is 0 Å². The van der Waals surface area contributed by atoms with Gasteiger partial charge in [0.2, 0.25) is 0 Å². The van der Waals surface area contributed by atoms with Crippen LogP contribution in [0.1, 0.15) is 75.1 Å². The fourth-order valence-corrected chi connectivity index (χ4v) is 7.10. The summed E-state index contributed by atoms with van der Waals surface area (Å²) < 4.78 is 1.90. The van der Waals surface area contributed by atoms with Gasteiger partial charge in [0.05, 0.1) is 22.1 Å². The summed E-state index contributed by atoms with van der Waals surface area (Å²) in [6.07, 6.45) is 3.30. The predicted octanol–water partition coefficient (Wildman–Crippen LogP) is 6.31. The van der Waals surface area contributed by atoms with E-state index in [9.17, 15) is 9.59 Å². The topological polar surface area (TPSA) is 104 Å². The van der Waals surface area contributed by atoms with Crippen molar-refractivity contribution in [1.82, 2.24) is 24.8 Å². The molecule has 2 aliphatic rings. The number of likely N-dealkylation sites (N-methyl/N-ethyl adjacent to an activating group) is 1. The smallest absolute Gasteiger partial charge is 0.291 e. The van der Waals surface area contributed by atoms with Crippen LogP contribution >= 0.6 is 22.9 Å². The normalized spacial score (nSPS) is 14.2. The fraction of sp³-hybridized carbons (Fsp3) is 0.394. The number of hydrogen-bond acceptors (Lipinski definition) is 7. The lowest BCUT2D eigenvalue weighted by atomic mass is 9.94. The highest BCUT2D eigenvalue weighted by Crippen LogP contribution is 2.39. The molecule has 0 aliphatic carbocycles. The third-order valence-electron chi connectivity index (χ3n) is 7.91. The summed E-state index contributed by atoms with van der Waals surface area (Å²) in [5.41, 5.74) is 6.95. The van der Waals surface area contributed by atoms with Gasteiger partial charge in [0.1, 0.15) is 0 Å². The quantitative estimate of drug-likeness (QED) is 0.220. The molecule has 232 valence electrons. The summed E-state index contributed by atoms with van der Waals surface area (Å²) in [6.45, 7) is 9.39. The average molecular weight is 634 g/mol. The summed E-state index contributed by atoms with van der Waals surface area (Å²) in [7, 11) is 3.97. The van der Waals surface area contributed by atoms with Crippen LogP contribution in [0.25, 0.3) is 11.1 Å². The Bertz CT molecular complexity index is 1680. The van der Waals surface area contributed by atoms with Gasteiger partial charge >= 0.3 is 0 Å². The van der Waals surface area contributed by atoms with Gasteiger partial charge < -0.3 is 25.4 Å². The Morgan fingerprint density at radius 2 is 1.70 bits per heavy atom. The number of imidazole rings is 1. The standard InChI is InChI=1S/C31H34ClN7O2S.C2H6/c1-4-7-19-18(8-5-10-21(19)35-29(40)28-34-24-16-33-14-12-25(24)39(28)3)20-9-6-11-23(27(20)32)36-30(41)31-37-22-13-15-38(2)17-26(22)42-31;1-2/h5-6,8-11,33H,4,7,12-17H2,1-3H3,(H,35,40)(H,36,41);1-2H3. The number of benzene rings is 2. The van der Waals surface area contributed by atoms with Gasteiger partial charge in [-0.25, -0.2) is 9.97 Å². The van der Waals surface area contributed by atoms with E-state index in [1.165, 1.54) is 11.3 Å². The van der Waals surface area contributed by atoms with E-state index in [-0.39, 0.29) is 11.8 Å². The van der Waals surface area contributed by atoms with Gasteiger partial charge in [-0.3, -0.25) is 9.59 Å². The van der Waals surface area contributed by atoms with Gasteiger partial charge in [-0.2, -0.15) is 0 Å². The zero-order valence-corrected chi connectivity index (χ0v) is 27.6. The van der Waals surface area contributed by atoms with Crippen molar-refractivity contribution in [2.24, 2.45) is 7.05 Å². The van der Waals surface area contributed by atoms with E-state index in [2.05, 4.69) is 44.8 Å². The van der Waals surface area contributed by atoms with Gasteiger partial charge in [-0.1, -0.05) is 63.1 Å². The molecule has 4 aromatic rings. The molecular formula is C33H40ClN7O2S. The monoisotopic (exact) mass is 633 g/mol. The van der Waals surface area contributed by atoms with Crippen LogP contribution in [0.15, 0.2) is 36.4 Å². The van der Waals surface area contributed by atoms with E-state index in [0.29, 0.717) is 28.1 Å². The number of nitrogens with one attached hydrogen (secondary N) is 3. The van der Waals surface area contributed by atoms with Crippen molar-refractivity contribution >= 4 is 46.1 Å². The third kappa shape index (κ3) is 6.44. The van der Waals surface area contributed by atoms with Gasteiger partial charge in [-0.05, 0) is 36.7 Å². The molecule has 4 heterocycles. The Labute approximate surface area is 268 Å². The summed E-state index contributed by atoms with van der Waals surface area (Å²) in [5.74, 6) is -0.112. The number of aromatic nitrogens is 3. The van der Waals surface area contributed by atoms with Crippen LogP contribution in [0.2, 0.25) is 5.02 Å². The first-order valence-electron chi connectivity index (χ1n) is 15.3. The van der Waals surface area contributed by atoms with Crippen molar-refractivity contribution in [3.05, 3.63) is 79.8 Å². The lowest BCUT2D eigenvalue weighted by Crippen LogP contribution is -2.25. The Kier molecular flexibility index (Phi) is 10.2. The molecule has 3 N–H and O–H groups in total. The van der Waals surface area contributed by atoms with Crippen LogP contribution in [0, 0.1) is 0 Å². The largest absolute Gasteiger partial charge is 0.327 e. The van der Waals surface area contributed by atoms with Crippen molar-refractivity contribution in [3.63, 3.8) is 0 Å². The summed E-state index contributed by atoms with van der Waals surface area (Å²) >= 11 is 8.39. The molecule has 2 amide bonds. The van der Waals surface area contributed by atoms with Gasteiger partial charge in [-0.15, -0.1) is 11.3 Å². The average Bonchev–Trinajstić information content (AvgIpc) is 3.61. The Morgan fingerprint density at radius 3 is 2.45 bits per heavy atom. The second kappa shape index (κ2) is 14.0. The molecule has 0 radical (unpaired) electrons. The van der Waals surface area contributed by atoms with E-state index in [0.717, 1.165) is 89.7 Å². The van der Waals surface area contributed by atoms with Crippen LogP contribution < -0.4 is 16.0 Å². The van der Waals surface area contributed by atoms with Crippen molar-refractivity contribution in [2.75, 3.05) is 30.8 Å². The maximum Gasteiger partial charge on any atom is 0.291 e. The first-order valence-corrected chi connectivity index (χ1v) is 16.5. The molecule has 0 bridgehead atoms. The Hall–Kier alpha value is -3.57. The van der Waals surface area contributed by atoms with Crippen molar-refractivity contribution in [2.45, 2.75) is 59.5 Å². The number of thiazole rings is 1. The SMILES string of the molecule is CC.CCCc1c(NC(=O)c2nc3c(n2C)CCNC3)cccc1-c1cccc(NC(=O)c2nc3c(s2)CN(C)CC3)c1Cl. The first-order chi connectivity index (χ1) is 21.3. The van der Waals surface area contributed by atoms with Gasteiger partial charge in [0, 0.05) is 67.9 Å². The third-order valence-corrected chi connectivity index (χ3v) is 9.40. The summed E-state index contributed by atoms with van der Waals surface area (Å²) in [5, 5.41) is 10.3. The molecule has 2 aliphatic heterocycles. The van der Waals surface area contributed by atoms with E-state index < -0.39 is 0 Å². The molecule has 44 heavy (non-hydrogen) atoms. The van der Waals surface area contributed by atoms with Crippen LogP contribution in [0.3, 0.4) is 0 Å². The molecule has 0 saturated heterocycles. The molecule has 9 nitrogen and oxygen atoms in total. The number of anilines is 2. The molecule has 0 atom stereocenters. The van der Waals surface area contributed by atoms with E-state index >= 15 is 0 Å². The highest BCUT2D eigenvalue weighted by molar-refractivity contribution is 7.13. The molecule has 11 heteroatoms. The lowest BCUT2D eigenvalue weighted by molar-refractivity contribution is 0.101. The second-order valence-corrected chi connectivity index (χ2v) is 12.3. The second-order valence-electron chi connectivity index (χ2n) is 10.8. The number of fused-ring (bicyclic) bond motifs is 2. The fourth-order valence-electron chi connectivity index (χ4n) is 5.75. The zero-order chi connectivity index (χ0) is 31.4. The van der Waals surface area contributed by atoms with Crippen LogP contribution in [-0.4, -0.2) is 51.4 Å². The predicted molar refractivity (Wildman–Crippen MR) is 179 cm³/mol. The Balaban J connectivity index is 0.00000188. The number of carbonyl (C=O) groups excluding carboxylic acids is 2. The Morgan fingerprint density at radius 1 is 0.977 bits per heavy atom. The van der Waals surface area contributed by atoms with E-state index in [4.69, 9.17) is 11.6 Å². The number of carbonyl (C=O) groups is 2. The number of hydrogen-bond donors (Lipinski definition) is 3. The van der Waals surface area contributed by atoms with Crippen LogP contribution in [0.5, 0.6) is 0 Å². The molecule has 0 saturated carbocycles. The van der Waals surface area contributed by atoms with Gasteiger partial charge in [0.15, 0.2) is 10.8 Å². The van der Waals surface area contributed by atoms with Gasteiger partial charge in [0.25, 0.3) is 11.8 Å². The number of nitrogens with zero attached hydrogens (tertiary/aromatic N) is 4. The molecule has 2 aromatic heterocycles. The number of rotatable bonds is 7. The number of amides is 2. The first kappa shape index (κ1) is 31.8. The number of halogens is 1. The van der Waals surface area contributed by atoms with E-state index in [1.54, 1.807) is 6.07 Å².